The molecule has 0 aliphatic carbocycles. The highest BCUT2D eigenvalue weighted by Gasteiger charge is 2.23. The lowest BCUT2D eigenvalue weighted by Crippen LogP contribution is -3.14. The number of piperazine rings is 1. The molecule has 1 aliphatic rings. The molecule has 0 aromatic rings. The Balaban J connectivity index is 2.27. The first-order valence-corrected chi connectivity index (χ1v) is 7.59. The number of hydrogen-bond donors (Lipinski definition) is 1. The summed E-state index contributed by atoms with van der Waals surface area (Å²) in [5, 5.41) is 0. The Bertz CT molecular complexity index is 411. The van der Waals surface area contributed by atoms with Crippen molar-refractivity contribution in [2.45, 2.75) is 13.3 Å². The minimum absolute atomic E-state index is 0.0174. The molecule has 0 aromatic carbocycles. The van der Waals surface area contributed by atoms with Crippen LogP contribution in [-0.2, 0) is 14.9 Å². The van der Waals surface area contributed by atoms with Crippen LogP contribution in [0.1, 0.15) is 13.3 Å². The fourth-order valence-corrected chi connectivity index (χ4v) is 2.54. The smallest absolute Gasteiger partial charge is 0.249 e. The predicted molar refractivity (Wildman–Crippen MR) is 66.1 cm³/mol. The van der Waals surface area contributed by atoms with Gasteiger partial charge in [-0.3, -0.25) is 4.79 Å². The van der Waals surface area contributed by atoms with Gasteiger partial charge in [-0.15, -0.1) is 0 Å². The van der Waals surface area contributed by atoms with Crippen molar-refractivity contribution in [3.63, 3.8) is 0 Å². The first-order chi connectivity index (χ1) is 8.29. The Morgan fingerprint density at radius 2 is 1.94 bits per heavy atom. The molecule has 0 unspecified atom stereocenters. The summed E-state index contributed by atoms with van der Waals surface area (Å²) in [5.41, 5.74) is 0.538. The first kappa shape index (κ1) is 15.1. The van der Waals surface area contributed by atoms with Crippen molar-refractivity contribution >= 4 is 16.0 Å². The minimum Gasteiger partial charge on any atom is -0.748 e. The Morgan fingerprint density at radius 1 is 1.39 bits per heavy atom. The normalized spacial score (nSPS) is 17.8. The topological polar surface area (TPSA) is 82.0 Å². The van der Waals surface area contributed by atoms with Crippen molar-refractivity contribution in [2.75, 3.05) is 38.5 Å². The van der Waals surface area contributed by atoms with Crippen LogP contribution in [0.4, 0.5) is 0 Å². The van der Waals surface area contributed by atoms with Gasteiger partial charge in [0.15, 0.2) is 0 Å². The van der Waals surface area contributed by atoms with Crippen LogP contribution in [0.25, 0.3) is 0 Å². The van der Waals surface area contributed by atoms with Crippen LogP contribution in [0.5, 0.6) is 0 Å². The molecule has 0 atom stereocenters. The number of rotatable bonds is 5. The molecule has 0 bridgehead atoms. The van der Waals surface area contributed by atoms with Crippen LogP contribution in [0, 0.1) is 0 Å². The van der Waals surface area contributed by atoms with E-state index < -0.39 is 10.1 Å². The van der Waals surface area contributed by atoms with Crippen molar-refractivity contribution in [2.24, 2.45) is 0 Å². The van der Waals surface area contributed by atoms with E-state index in [0.717, 1.165) is 13.1 Å². The van der Waals surface area contributed by atoms with E-state index in [0.29, 0.717) is 31.6 Å². The van der Waals surface area contributed by atoms with Crippen molar-refractivity contribution in [1.29, 1.82) is 0 Å². The summed E-state index contributed by atoms with van der Waals surface area (Å²) < 4.78 is 31.4. The van der Waals surface area contributed by atoms with Crippen LogP contribution in [0.3, 0.4) is 0 Å². The average molecular weight is 276 g/mol. The van der Waals surface area contributed by atoms with E-state index in [1.54, 1.807) is 11.8 Å². The number of carbonyl (C=O) groups excluding carboxylic acids is 1. The van der Waals surface area contributed by atoms with Gasteiger partial charge in [-0.05, 0) is 6.92 Å². The molecule has 7 heteroatoms. The van der Waals surface area contributed by atoms with E-state index in [1.165, 1.54) is 4.90 Å². The van der Waals surface area contributed by atoms with Gasteiger partial charge in [-0.25, -0.2) is 8.42 Å². The number of carbonyl (C=O) groups is 1. The maximum absolute atomic E-state index is 11.6. The first-order valence-electron chi connectivity index (χ1n) is 6.01. The van der Waals surface area contributed by atoms with E-state index in [-0.39, 0.29) is 11.7 Å². The summed E-state index contributed by atoms with van der Waals surface area (Å²) in [4.78, 5) is 14.6. The largest absolute Gasteiger partial charge is 0.748 e. The fourth-order valence-electron chi connectivity index (χ4n) is 2.04. The highest BCUT2D eigenvalue weighted by atomic mass is 32.2. The summed E-state index contributed by atoms with van der Waals surface area (Å²) in [6.45, 7) is 8.88. The molecule has 18 heavy (non-hydrogen) atoms. The van der Waals surface area contributed by atoms with Crippen molar-refractivity contribution in [3.8, 4) is 0 Å². The average Bonchev–Trinajstić information content (AvgIpc) is 2.27. The van der Waals surface area contributed by atoms with Gasteiger partial charge in [0, 0.05) is 17.7 Å². The molecule has 0 aromatic heterocycles. The predicted octanol–water partition coefficient (Wildman–Crippen LogP) is -1.78. The molecule has 6 nitrogen and oxygen atoms in total. The molecular formula is C11H20N2O4S. The summed E-state index contributed by atoms with van der Waals surface area (Å²) >= 11 is 0. The zero-order valence-electron chi connectivity index (χ0n) is 10.6. The molecule has 1 aliphatic heterocycles. The van der Waals surface area contributed by atoms with Crippen LogP contribution < -0.4 is 4.90 Å². The van der Waals surface area contributed by atoms with E-state index in [4.69, 9.17) is 0 Å². The Hall–Kier alpha value is -0.920. The van der Waals surface area contributed by atoms with E-state index in [9.17, 15) is 17.8 Å². The molecular weight excluding hydrogens is 256 g/mol. The lowest BCUT2D eigenvalue weighted by Gasteiger charge is -2.32. The van der Waals surface area contributed by atoms with Crippen molar-refractivity contribution in [1.82, 2.24) is 4.90 Å². The summed E-state index contributed by atoms with van der Waals surface area (Å²) in [6.07, 6.45) is 0.385. The Kier molecular flexibility index (Phi) is 5.30. The van der Waals surface area contributed by atoms with Gasteiger partial charge >= 0.3 is 0 Å². The van der Waals surface area contributed by atoms with Gasteiger partial charge in [0.1, 0.15) is 0 Å². The lowest BCUT2D eigenvalue weighted by molar-refractivity contribution is -0.903. The van der Waals surface area contributed by atoms with Gasteiger partial charge in [-0.1, -0.05) is 6.58 Å². The third-order valence-electron chi connectivity index (χ3n) is 3.05. The highest BCUT2D eigenvalue weighted by molar-refractivity contribution is 7.85. The molecule has 0 radical (unpaired) electrons. The van der Waals surface area contributed by atoms with Gasteiger partial charge in [-0.2, -0.15) is 0 Å². The van der Waals surface area contributed by atoms with Crippen LogP contribution in [0.15, 0.2) is 12.2 Å². The van der Waals surface area contributed by atoms with Crippen LogP contribution >= 0.6 is 0 Å². The van der Waals surface area contributed by atoms with E-state index in [1.807, 2.05) is 0 Å². The second-order valence-electron chi connectivity index (χ2n) is 4.69. The molecule has 1 N–H and O–H groups in total. The van der Waals surface area contributed by atoms with Gasteiger partial charge in [0.25, 0.3) is 0 Å². The SMILES string of the molecule is C=C(C)C(=O)N1CC[NH+](CCCS(=O)(=O)[O-])CC1. The summed E-state index contributed by atoms with van der Waals surface area (Å²) in [7, 11) is -4.10. The third-order valence-corrected chi connectivity index (χ3v) is 3.84. The van der Waals surface area contributed by atoms with Gasteiger partial charge in [0.05, 0.1) is 42.8 Å². The summed E-state index contributed by atoms with van der Waals surface area (Å²) in [5.74, 6) is -0.318. The van der Waals surface area contributed by atoms with Crippen LogP contribution in [-0.4, -0.2) is 62.3 Å². The third kappa shape index (κ3) is 5.16. The number of hydrogen-bond acceptors (Lipinski definition) is 4. The highest BCUT2D eigenvalue weighted by Crippen LogP contribution is 1.98. The fraction of sp³-hybridized carbons (Fsp3) is 0.727. The lowest BCUT2D eigenvalue weighted by atomic mass is 10.2. The maximum Gasteiger partial charge on any atom is 0.249 e. The summed E-state index contributed by atoms with van der Waals surface area (Å²) in [6, 6.07) is 0. The van der Waals surface area contributed by atoms with Gasteiger partial charge < -0.3 is 14.4 Å². The van der Waals surface area contributed by atoms with Crippen LogP contribution in [0.2, 0.25) is 0 Å². The van der Waals surface area contributed by atoms with Gasteiger partial charge in [0.2, 0.25) is 5.91 Å². The van der Waals surface area contributed by atoms with Crippen molar-refractivity contribution < 1.29 is 22.7 Å². The quantitative estimate of drug-likeness (QED) is 0.476. The second kappa shape index (κ2) is 6.31. The second-order valence-corrected chi connectivity index (χ2v) is 6.21. The maximum atomic E-state index is 11.6. The molecule has 1 amide bonds. The molecule has 104 valence electrons. The minimum atomic E-state index is -4.10. The van der Waals surface area contributed by atoms with E-state index >= 15 is 0 Å². The zero-order valence-corrected chi connectivity index (χ0v) is 11.5. The zero-order chi connectivity index (χ0) is 13.8. The number of quaternary nitrogens is 1. The number of nitrogens with one attached hydrogen (secondary N) is 1. The molecule has 1 rings (SSSR count). The van der Waals surface area contributed by atoms with Crippen molar-refractivity contribution in [3.05, 3.63) is 12.2 Å². The molecule has 1 heterocycles. The molecule has 1 saturated heterocycles. The monoisotopic (exact) mass is 276 g/mol. The Morgan fingerprint density at radius 3 is 2.39 bits per heavy atom. The number of amides is 1. The van der Waals surface area contributed by atoms with E-state index in [2.05, 4.69) is 6.58 Å². The molecule has 0 spiro atoms. The molecule has 0 saturated carbocycles. The number of nitrogens with zero attached hydrogens (tertiary/aromatic N) is 1. The molecule has 1 fully saturated rings. The standard InChI is InChI=1S/C11H20N2O4S/c1-10(2)11(14)13-7-5-12(6-8-13)4-3-9-18(15,16)17/h1,3-9H2,2H3,(H,15,16,17). The Labute approximate surface area is 108 Å².